The van der Waals surface area contributed by atoms with Crippen LogP contribution in [0.15, 0.2) is 36.5 Å². The molecule has 0 spiro atoms. The molecule has 2 aromatic heterocycles. The van der Waals surface area contributed by atoms with E-state index in [9.17, 15) is 0 Å². The van der Waals surface area contributed by atoms with Gasteiger partial charge in [0.1, 0.15) is 11.6 Å². The molecule has 4 rings (SSSR count). The summed E-state index contributed by atoms with van der Waals surface area (Å²) >= 11 is 0. The number of anilines is 3. The van der Waals surface area contributed by atoms with Crippen molar-refractivity contribution in [1.29, 1.82) is 0 Å². The van der Waals surface area contributed by atoms with E-state index < -0.39 is 0 Å². The minimum atomic E-state index is 0.201. The zero-order chi connectivity index (χ0) is 20.2. The number of aromatic nitrogens is 5. The first-order chi connectivity index (χ1) is 14.1. The highest BCUT2D eigenvalue weighted by molar-refractivity contribution is 5.62. The molecular formula is C20H26N8O. The molecule has 0 saturated carbocycles. The van der Waals surface area contributed by atoms with Crippen molar-refractivity contribution in [2.24, 2.45) is 7.05 Å². The number of likely N-dealkylation sites (tertiary alicyclic amines) is 1. The van der Waals surface area contributed by atoms with E-state index in [0.717, 1.165) is 31.6 Å². The predicted molar refractivity (Wildman–Crippen MR) is 111 cm³/mol. The van der Waals surface area contributed by atoms with Crippen LogP contribution in [0.4, 0.5) is 17.6 Å². The van der Waals surface area contributed by atoms with E-state index in [1.54, 1.807) is 7.11 Å². The standard InChI is InChI=1S/C20H26N8O/c1-27-16(9-10-22-27)14-6-5-11-28(12-14)13-18-24-19(21)26-20(25-18)23-15-7-3-4-8-17(15)29-2/h3-4,7-10,14H,5-6,11-13H2,1-2H3,(H3,21,23,24,25,26). The van der Waals surface area contributed by atoms with Gasteiger partial charge in [-0.1, -0.05) is 12.1 Å². The quantitative estimate of drug-likeness (QED) is 0.656. The van der Waals surface area contributed by atoms with Gasteiger partial charge in [0, 0.05) is 31.4 Å². The largest absolute Gasteiger partial charge is 0.495 e. The van der Waals surface area contributed by atoms with Gasteiger partial charge in [0.05, 0.1) is 19.3 Å². The molecule has 1 aliphatic rings. The number of hydrogen-bond acceptors (Lipinski definition) is 8. The Balaban J connectivity index is 1.48. The highest BCUT2D eigenvalue weighted by Gasteiger charge is 2.24. The van der Waals surface area contributed by atoms with Gasteiger partial charge in [0.15, 0.2) is 0 Å². The van der Waals surface area contributed by atoms with E-state index in [4.69, 9.17) is 10.5 Å². The molecule has 29 heavy (non-hydrogen) atoms. The van der Waals surface area contributed by atoms with Gasteiger partial charge in [0.2, 0.25) is 11.9 Å². The highest BCUT2D eigenvalue weighted by Crippen LogP contribution is 2.28. The summed E-state index contributed by atoms with van der Waals surface area (Å²) in [7, 11) is 3.62. The topological polar surface area (TPSA) is 107 Å². The number of methoxy groups -OCH3 is 1. The lowest BCUT2D eigenvalue weighted by Gasteiger charge is -2.32. The van der Waals surface area contributed by atoms with Gasteiger partial charge in [-0.15, -0.1) is 0 Å². The average molecular weight is 394 g/mol. The molecule has 1 aromatic carbocycles. The van der Waals surface area contributed by atoms with Crippen LogP contribution in [0.25, 0.3) is 0 Å². The highest BCUT2D eigenvalue weighted by atomic mass is 16.5. The van der Waals surface area contributed by atoms with Crippen molar-refractivity contribution in [1.82, 2.24) is 29.6 Å². The summed E-state index contributed by atoms with van der Waals surface area (Å²) in [6.07, 6.45) is 4.15. The number of ether oxygens (including phenoxy) is 1. The van der Waals surface area contributed by atoms with Crippen molar-refractivity contribution in [3.63, 3.8) is 0 Å². The number of nitrogens with one attached hydrogen (secondary N) is 1. The molecule has 9 nitrogen and oxygen atoms in total. The van der Waals surface area contributed by atoms with Crippen LogP contribution in [0.5, 0.6) is 5.75 Å². The summed E-state index contributed by atoms with van der Waals surface area (Å²) in [6.45, 7) is 2.58. The molecule has 0 bridgehead atoms. The van der Waals surface area contributed by atoms with E-state index in [0.29, 0.717) is 30.0 Å². The molecule has 1 fully saturated rings. The van der Waals surface area contributed by atoms with Crippen molar-refractivity contribution in [3.05, 3.63) is 48.0 Å². The maximum absolute atomic E-state index is 5.95. The Kier molecular flexibility index (Phi) is 5.57. The molecule has 1 saturated heterocycles. The maximum Gasteiger partial charge on any atom is 0.232 e. The number of nitrogens with two attached hydrogens (primary N) is 1. The average Bonchev–Trinajstić information content (AvgIpc) is 3.14. The summed E-state index contributed by atoms with van der Waals surface area (Å²) in [4.78, 5) is 15.5. The summed E-state index contributed by atoms with van der Waals surface area (Å²) in [5.74, 6) is 2.44. The van der Waals surface area contributed by atoms with Gasteiger partial charge in [0.25, 0.3) is 0 Å². The summed E-state index contributed by atoms with van der Waals surface area (Å²) in [5.41, 5.74) is 8.00. The molecule has 152 valence electrons. The molecule has 9 heteroatoms. The fourth-order valence-electron chi connectivity index (χ4n) is 3.86. The number of nitrogens with zero attached hydrogens (tertiary/aromatic N) is 6. The van der Waals surface area contributed by atoms with Crippen molar-refractivity contribution in [2.75, 3.05) is 31.2 Å². The second kappa shape index (κ2) is 8.44. The molecular weight excluding hydrogens is 368 g/mol. The van der Waals surface area contributed by atoms with Crippen LogP contribution < -0.4 is 15.8 Å². The molecule has 1 atom stereocenters. The van der Waals surface area contributed by atoms with E-state index in [-0.39, 0.29) is 5.95 Å². The molecule has 0 aliphatic carbocycles. The molecule has 3 aromatic rings. The molecule has 0 amide bonds. The summed E-state index contributed by atoms with van der Waals surface area (Å²) in [5, 5.41) is 7.49. The van der Waals surface area contributed by atoms with Gasteiger partial charge < -0.3 is 15.8 Å². The van der Waals surface area contributed by atoms with E-state index in [1.165, 1.54) is 5.69 Å². The number of aryl methyl sites for hydroxylation is 1. The lowest BCUT2D eigenvalue weighted by Crippen LogP contribution is -2.35. The summed E-state index contributed by atoms with van der Waals surface area (Å²) < 4.78 is 7.34. The second-order valence-corrected chi connectivity index (χ2v) is 7.21. The number of rotatable bonds is 6. The van der Waals surface area contributed by atoms with Gasteiger partial charge in [-0.05, 0) is 37.6 Å². The Morgan fingerprint density at radius 3 is 2.86 bits per heavy atom. The monoisotopic (exact) mass is 394 g/mol. The summed E-state index contributed by atoms with van der Waals surface area (Å²) in [6, 6.07) is 9.71. The molecule has 1 aliphatic heterocycles. The van der Waals surface area contributed by atoms with Crippen LogP contribution in [0.2, 0.25) is 0 Å². The van der Waals surface area contributed by atoms with Crippen LogP contribution in [-0.4, -0.2) is 49.8 Å². The van der Waals surface area contributed by atoms with E-state index in [2.05, 4.69) is 36.3 Å². The zero-order valence-corrected chi connectivity index (χ0v) is 16.7. The molecule has 1 unspecified atom stereocenters. The van der Waals surface area contributed by atoms with Crippen LogP contribution >= 0.6 is 0 Å². The first kappa shape index (κ1) is 19.1. The Bertz CT molecular complexity index is 973. The lowest BCUT2D eigenvalue weighted by molar-refractivity contribution is 0.192. The zero-order valence-electron chi connectivity index (χ0n) is 16.7. The smallest absolute Gasteiger partial charge is 0.232 e. The van der Waals surface area contributed by atoms with E-state index >= 15 is 0 Å². The van der Waals surface area contributed by atoms with Crippen LogP contribution in [0, 0.1) is 0 Å². The Labute approximate surface area is 169 Å². The van der Waals surface area contributed by atoms with Crippen LogP contribution in [0.1, 0.15) is 30.3 Å². The second-order valence-electron chi connectivity index (χ2n) is 7.21. The normalized spacial score (nSPS) is 17.2. The van der Waals surface area contributed by atoms with E-state index in [1.807, 2.05) is 42.2 Å². The van der Waals surface area contributed by atoms with Gasteiger partial charge >= 0.3 is 0 Å². The number of hydrogen-bond donors (Lipinski definition) is 2. The molecule has 3 N–H and O–H groups in total. The van der Waals surface area contributed by atoms with Crippen LogP contribution in [0.3, 0.4) is 0 Å². The minimum absolute atomic E-state index is 0.201. The van der Waals surface area contributed by atoms with Gasteiger partial charge in [-0.25, -0.2) is 0 Å². The predicted octanol–water partition coefficient (Wildman–Crippen LogP) is 2.32. The third-order valence-electron chi connectivity index (χ3n) is 5.20. The Hall–Kier alpha value is -3.20. The molecule has 3 heterocycles. The third-order valence-corrected chi connectivity index (χ3v) is 5.20. The van der Waals surface area contributed by atoms with Crippen molar-refractivity contribution in [3.8, 4) is 5.75 Å². The van der Waals surface area contributed by atoms with Gasteiger partial charge in [-0.2, -0.15) is 20.1 Å². The minimum Gasteiger partial charge on any atom is -0.495 e. The van der Waals surface area contributed by atoms with Crippen molar-refractivity contribution in [2.45, 2.75) is 25.3 Å². The van der Waals surface area contributed by atoms with Crippen molar-refractivity contribution >= 4 is 17.6 Å². The first-order valence-electron chi connectivity index (χ1n) is 9.73. The fourth-order valence-corrected chi connectivity index (χ4v) is 3.86. The fraction of sp³-hybridized carbons (Fsp3) is 0.400. The number of nitrogen functional groups attached to an aromatic ring is 1. The molecule has 0 radical (unpaired) electrons. The number of para-hydroxylation sites is 2. The Morgan fingerprint density at radius 2 is 2.07 bits per heavy atom. The first-order valence-corrected chi connectivity index (χ1v) is 9.73. The van der Waals surface area contributed by atoms with Gasteiger partial charge in [-0.3, -0.25) is 9.58 Å². The number of piperidine rings is 1. The SMILES string of the molecule is COc1ccccc1Nc1nc(N)nc(CN2CCCC(c3ccnn3C)C2)n1. The maximum atomic E-state index is 5.95. The van der Waals surface area contributed by atoms with Crippen molar-refractivity contribution < 1.29 is 4.74 Å². The lowest BCUT2D eigenvalue weighted by atomic mass is 9.94. The number of benzene rings is 1. The third kappa shape index (κ3) is 4.45. The van der Waals surface area contributed by atoms with Crippen LogP contribution in [-0.2, 0) is 13.6 Å². The Morgan fingerprint density at radius 1 is 1.21 bits per heavy atom.